The van der Waals surface area contributed by atoms with Crippen LogP contribution in [0.25, 0.3) is 0 Å². The molecule has 1 aromatic carbocycles. The zero-order valence-electron chi connectivity index (χ0n) is 10.6. The van der Waals surface area contributed by atoms with Crippen molar-refractivity contribution in [2.24, 2.45) is 0 Å². The Morgan fingerprint density at radius 3 is 2.71 bits per heavy atom. The number of phenols is 1. The molecule has 2 rings (SSSR count). The highest BCUT2D eigenvalue weighted by atomic mass is 16.3. The van der Waals surface area contributed by atoms with Gasteiger partial charge in [0.25, 0.3) is 0 Å². The van der Waals surface area contributed by atoms with Crippen molar-refractivity contribution in [3.8, 4) is 5.75 Å². The summed E-state index contributed by atoms with van der Waals surface area (Å²) in [5.74, 6) is 0.190. The number of anilines is 1. The van der Waals surface area contributed by atoms with Crippen LogP contribution in [0.1, 0.15) is 44.8 Å². The Morgan fingerprint density at radius 2 is 2.12 bits per heavy atom. The molecule has 94 valence electrons. The summed E-state index contributed by atoms with van der Waals surface area (Å²) < 4.78 is 0. The van der Waals surface area contributed by atoms with E-state index in [1.165, 1.54) is 19.3 Å². The molecule has 1 saturated heterocycles. The van der Waals surface area contributed by atoms with Crippen molar-refractivity contribution in [1.29, 1.82) is 0 Å². The van der Waals surface area contributed by atoms with Gasteiger partial charge in [-0.25, -0.2) is 0 Å². The molecule has 1 aromatic rings. The van der Waals surface area contributed by atoms with Crippen LogP contribution in [0.15, 0.2) is 18.2 Å². The van der Waals surface area contributed by atoms with E-state index in [9.17, 15) is 10.2 Å². The first-order chi connectivity index (χ1) is 8.09. The number of aliphatic hydroxyl groups is 1. The summed E-state index contributed by atoms with van der Waals surface area (Å²) in [5, 5.41) is 19.4. The number of hydrogen-bond acceptors (Lipinski definition) is 3. The first kappa shape index (κ1) is 12.2. The fourth-order valence-corrected chi connectivity index (χ4v) is 2.55. The van der Waals surface area contributed by atoms with Gasteiger partial charge in [0.05, 0.1) is 6.10 Å². The molecule has 0 aliphatic carbocycles. The molecule has 0 spiro atoms. The van der Waals surface area contributed by atoms with Crippen LogP contribution >= 0.6 is 0 Å². The van der Waals surface area contributed by atoms with E-state index in [0.717, 1.165) is 12.2 Å². The third-order valence-corrected chi connectivity index (χ3v) is 3.60. The molecule has 2 N–H and O–H groups in total. The second-order valence-electron chi connectivity index (χ2n) is 4.96. The van der Waals surface area contributed by atoms with E-state index in [-0.39, 0.29) is 5.75 Å². The summed E-state index contributed by atoms with van der Waals surface area (Å²) >= 11 is 0. The summed E-state index contributed by atoms with van der Waals surface area (Å²) in [5.41, 5.74) is 1.65. The summed E-state index contributed by atoms with van der Waals surface area (Å²) in [4.78, 5) is 2.33. The topological polar surface area (TPSA) is 43.7 Å². The van der Waals surface area contributed by atoms with E-state index < -0.39 is 6.10 Å². The standard InChI is InChI=1S/C14H21NO2/c1-10-5-3-4-8-15(10)12-6-7-13(11(2)16)14(17)9-12/h6-7,9-11,16-17H,3-5,8H2,1-2H3. The molecule has 2 atom stereocenters. The molecule has 0 bridgehead atoms. The normalized spacial score (nSPS) is 22.5. The molecular formula is C14H21NO2. The van der Waals surface area contributed by atoms with Gasteiger partial charge in [-0.3, -0.25) is 0 Å². The highest BCUT2D eigenvalue weighted by Gasteiger charge is 2.19. The molecule has 0 saturated carbocycles. The zero-order valence-corrected chi connectivity index (χ0v) is 10.6. The summed E-state index contributed by atoms with van der Waals surface area (Å²) in [7, 11) is 0. The largest absolute Gasteiger partial charge is 0.507 e. The van der Waals surface area contributed by atoms with E-state index >= 15 is 0 Å². The molecule has 1 aliphatic heterocycles. The lowest BCUT2D eigenvalue weighted by Crippen LogP contribution is -2.37. The number of phenolic OH excluding ortho intramolecular Hbond substituents is 1. The van der Waals surface area contributed by atoms with Crippen molar-refractivity contribution >= 4 is 5.69 Å². The van der Waals surface area contributed by atoms with Gasteiger partial charge in [0.2, 0.25) is 0 Å². The van der Waals surface area contributed by atoms with Crippen LogP contribution in [-0.4, -0.2) is 22.8 Å². The number of hydrogen-bond donors (Lipinski definition) is 2. The van der Waals surface area contributed by atoms with Crippen molar-refractivity contribution in [2.45, 2.75) is 45.3 Å². The van der Waals surface area contributed by atoms with Crippen molar-refractivity contribution in [1.82, 2.24) is 0 Å². The van der Waals surface area contributed by atoms with Gasteiger partial charge in [0, 0.05) is 29.9 Å². The molecule has 1 aliphatic rings. The first-order valence-corrected chi connectivity index (χ1v) is 6.37. The Labute approximate surface area is 103 Å². The maximum Gasteiger partial charge on any atom is 0.123 e. The van der Waals surface area contributed by atoms with Gasteiger partial charge in [0.1, 0.15) is 5.75 Å². The Morgan fingerprint density at radius 1 is 1.35 bits per heavy atom. The molecule has 1 heterocycles. The van der Waals surface area contributed by atoms with Crippen LogP contribution in [0.4, 0.5) is 5.69 Å². The van der Waals surface area contributed by atoms with Crippen LogP contribution < -0.4 is 4.90 Å². The van der Waals surface area contributed by atoms with Crippen molar-refractivity contribution in [3.05, 3.63) is 23.8 Å². The quantitative estimate of drug-likeness (QED) is 0.828. The number of nitrogens with zero attached hydrogens (tertiary/aromatic N) is 1. The van der Waals surface area contributed by atoms with Gasteiger partial charge in [0.15, 0.2) is 0 Å². The summed E-state index contributed by atoms with van der Waals surface area (Å²) in [6, 6.07) is 6.10. The molecule has 3 nitrogen and oxygen atoms in total. The molecule has 3 heteroatoms. The Kier molecular flexibility index (Phi) is 3.57. The first-order valence-electron chi connectivity index (χ1n) is 6.37. The zero-order chi connectivity index (χ0) is 12.4. The van der Waals surface area contributed by atoms with Crippen LogP contribution in [0, 0.1) is 0 Å². The molecule has 0 amide bonds. The predicted molar refractivity (Wildman–Crippen MR) is 69.4 cm³/mol. The lowest BCUT2D eigenvalue weighted by atomic mass is 10.0. The van der Waals surface area contributed by atoms with E-state index in [1.54, 1.807) is 13.0 Å². The average Bonchev–Trinajstić information content (AvgIpc) is 2.29. The molecule has 0 aromatic heterocycles. The Bertz CT molecular complexity index is 390. The summed E-state index contributed by atoms with van der Waals surface area (Å²) in [6.07, 6.45) is 3.08. The van der Waals surface area contributed by atoms with E-state index in [4.69, 9.17) is 0 Å². The van der Waals surface area contributed by atoms with Gasteiger partial charge in [-0.2, -0.15) is 0 Å². The van der Waals surface area contributed by atoms with Gasteiger partial charge < -0.3 is 15.1 Å². The van der Waals surface area contributed by atoms with Crippen molar-refractivity contribution in [2.75, 3.05) is 11.4 Å². The minimum absolute atomic E-state index is 0.190. The smallest absolute Gasteiger partial charge is 0.123 e. The van der Waals surface area contributed by atoms with Crippen LogP contribution in [0.5, 0.6) is 5.75 Å². The number of benzene rings is 1. The second-order valence-corrected chi connectivity index (χ2v) is 4.96. The Hall–Kier alpha value is -1.22. The van der Waals surface area contributed by atoms with Gasteiger partial charge in [-0.05, 0) is 39.2 Å². The maximum atomic E-state index is 9.89. The van der Waals surface area contributed by atoms with Gasteiger partial charge in [-0.1, -0.05) is 6.07 Å². The van der Waals surface area contributed by atoms with Gasteiger partial charge in [-0.15, -0.1) is 0 Å². The molecule has 1 fully saturated rings. The number of rotatable bonds is 2. The van der Waals surface area contributed by atoms with Gasteiger partial charge >= 0.3 is 0 Å². The van der Waals surface area contributed by atoms with Crippen molar-refractivity contribution < 1.29 is 10.2 Å². The van der Waals surface area contributed by atoms with Crippen LogP contribution in [-0.2, 0) is 0 Å². The fraction of sp³-hybridized carbons (Fsp3) is 0.571. The van der Waals surface area contributed by atoms with Crippen molar-refractivity contribution in [3.63, 3.8) is 0 Å². The van der Waals surface area contributed by atoms with E-state index in [2.05, 4.69) is 11.8 Å². The number of aromatic hydroxyl groups is 1. The Balaban J connectivity index is 2.24. The fourth-order valence-electron chi connectivity index (χ4n) is 2.55. The number of aliphatic hydroxyl groups excluding tert-OH is 1. The molecule has 0 radical (unpaired) electrons. The third kappa shape index (κ3) is 2.55. The average molecular weight is 235 g/mol. The minimum Gasteiger partial charge on any atom is -0.507 e. The lowest BCUT2D eigenvalue weighted by Gasteiger charge is -2.35. The third-order valence-electron chi connectivity index (χ3n) is 3.60. The maximum absolute atomic E-state index is 9.89. The molecule has 17 heavy (non-hydrogen) atoms. The molecular weight excluding hydrogens is 214 g/mol. The predicted octanol–water partition coefficient (Wildman–Crippen LogP) is 2.82. The lowest BCUT2D eigenvalue weighted by molar-refractivity contribution is 0.195. The summed E-state index contributed by atoms with van der Waals surface area (Å²) in [6.45, 7) is 4.94. The highest BCUT2D eigenvalue weighted by molar-refractivity contribution is 5.54. The monoisotopic (exact) mass is 235 g/mol. The highest BCUT2D eigenvalue weighted by Crippen LogP contribution is 2.31. The van der Waals surface area contributed by atoms with E-state index in [1.807, 2.05) is 12.1 Å². The SMILES string of the molecule is CC(O)c1ccc(N2CCCCC2C)cc1O. The minimum atomic E-state index is -0.622. The van der Waals surface area contributed by atoms with Crippen LogP contribution in [0.2, 0.25) is 0 Å². The number of piperidine rings is 1. The second kappa shape index (κ2) is 4.96. The van der Waals surface area contributed by atoms with Crippen LogP contribution in [0.3, 0.4) is 0 Å². The molecule has 2 unspecified atom stereocenters. The van der Waals surface area contributed by atoms with E-state index in [0.29, 0.717) is 11.6 Å².